The lowest BCUT2D eigenvalue weighted by Gasteiger charge is -2.41. The minimum Gasteiger partial charge on any atom is -0.384 e. The molecule has 0 saturated heterocycles. The molecule has 3 nitrogen and oxygen atoms in total. The lowest BCUT2D eigenvalue weighted by Crippen LogP contribution is -2.45. The number of carbonyl (C=O) groups excluding carboxylic acids is 1. The van der Waals surface area contributed by atoms with Crippen molar-refractivity contribution < 1.29 is 9.53 Å². The number of nitrogens with one attached hydrogen (secondary N) is 1. The van der Waals surface area contributed by atoms with Crippen molar-refractivity contribution in [3.63, 3.8) is 0 Å². The molecule has 3 heteroatoms. The minimum atomic E-state index is 0.0951. The molecule has 0 bridgehead atoms. The Morgan fingerprint density at radius 3 is 2.64 bits per heavy atom. The molecule has 1 aliphatic rings. The van der Waals surface area contributed by atoms with Gasteiger partial charge in [0.2, 0.25) is 5.91 Å². The maximum atomic E-state index is 12.2. The van der Waals surface area contributed by atoms with E-state index in [1.165, 1.54) is 17.2 Å². The zero-order valence-electron chi connectivity index (χ0n) is 13.1. The van der Waals surface area contributed by atoms with Crippen molar-refractivity contribution in [3.8, 4) is 0 Å². The fraction of sp³-hybridized carbons (Fsp3) is 0.421. The van der Waals surface area contributed by atoms with Crippen LogP contribution in [0.2, 0.25) is 0 Å². The van der Waals surface area contributed by atoms with E-state index < -0.39 is 0 Å². The van der Waals surface area contributed by atoms with Gasteiger partial charge in [0.15, 0.2) is 0 Å². The Kier molecular flexibility index (Phi) is 4.44. The second-order valence-corrected chi connectivity index (χ2v) is 6.42. The predicted molar refractivity (Wildman–Crippen MR) is 88.8 cm³/mol. The van der Waals surface area contributed by atoms with Gasteiger partial charge in [0.1, 0.15) is 0 Å². The Morgan fingerprint density at radius 1 is 1.18 bits per heavy atom. The summed E-state index contributed by atoms with van der Waals surface area (Å²) in [5.41, 5.74) is 1.24. The van der Waals surface area contributed by atoms with Crippen molar-refractivity contribution in [2.45, 2.75) is 25.7 Å². The molecule has 0 heterocycles. The maximum Gasteiger partial charge on any atom is 0.224 e. The molecule has 3 rings (SSSR count). The number of carbonyl (C=O) groups is 1. The molecular formula is C19H23NO2. The van der Waals surface area contributed by atoms with Gasteiger partial charge in [0.05, 0.1) is 13.0 Å². The largest absolute Gasteiger partial charge is 0.384 e. The van der Waals surface area contributed by atoms with Gasteiger partial charge in [0, 0.05) is 19.1 Å². The standard InChI is InChI=1S/C19H23NO2/c1-22-14-19(9-4-10-19)13-20-18(21)12-15-7-8-16-5-2-3-6-17(16)11-15/h2-3,5-8,11H,4,9-10,12-14H2,1H3,(H,20,21). The molecule has 1 N–H and O–H groups in total. The Balaban J connectivity index is 1.58. The average Bonchev–Trinajstić information content (AvgIpc) is 2.49. The molecule has 2 aromatic rings. The highest BCUT2D eigenvalue weighted by Crippen LogP contribution is 2.40. The molecule has 1 saturated carbocycles. The number of fused-ring (bicyclic) bond motifs is 1. The van der Waals surface area contributed by atoms with Crippen LogP contribution < -0.4 is 5.32 Å². The first-order valence-electron chi connectivity index (χ1n) is 7.94. The SMILES string of the molecule is COCC1(CNC(=O)Cc2ccc3ccccc3c2)CCC1. The van der Waals surface area contributed by atoms with Gasteiger partial charge in [-0.1, -0.05) is 48.9 Å². The second kappa shape index (κ2) is 6.49. The summed E-state index contributed by atoms with van der Waals surface area (Å²) in [6.07, 6.45) is 3.98. The van der Waals surface area contributed by atoms with Crippen LogP contribution in [0, 0.1) is 5.41 Å². The van der Waals surface area contributed by atoms with E-state index in [-0.39, 0.29) is 11.3 Å². The topological polar surface area (TPSA) is 38.3 Å². The van der Waals surface area contributed by atoms with E-state index in [9.17, 15) is 4.79 Å². The summed E-state index contributed by atoms with van der Waals surface area (Å²) < 4.78 is 5.30. The van der Waals surface area contributed by atoms with E-state index in [2.05, 4.69) is 29.6 Å². The normalized spacial score (nSPS) is 16.2. The van der Waals surface area contributed by atoms with E-state index in [1.54, 1.807) is 7.11 Å². The third-order valence-corrected chi connectivity index (χ3v) is 4.70. The zero-order valence-corrected chi connectivity index (χ0v) is 13.1. The monoisotopic (exact) mass is 297 g/mol. The summed E-state index contributed by atoms with van der Waals surface area (Å²) >= 11 is 0. The van der Waals surface area contributed by atoms with Crippen LogP contribution in [0.15, 0.2) is 42.5 Å². The van der Waals surface area contributed by atoms with E-state index in [4.69, 9.17) is 4.74 Å². The number of hydrogen-bond acceptors (Lipinski definition) is 2. The fourth-order valence-corrected chi connectivity index (χ4v) is 3.24. The van der Waals surface area contributed by atoms with Crippen molar-refractivity contribution in [1.29, 1.82) is 0 Å². The molecule has 1 amide bonds. The van der Waals surface area contributed by atoms with Crippen LogP contribution in [0.1, 0.15) is 24.8 Å². The number of ether oxygens (including phenoxy) is 1. The highest BCUT2D eigenvalue weighted by Gasteiger charge is 2.37. The zero-order chi connectivity index (χ0) is 15.4. The van der Waals surface area contributed by atoms with E-state index in [0.717, 1.165) is 31.6 Å². The summed E-state index contributed by atoms with van der Waals surface area (Å²) in [6.45, 7) is 1.47. The first-order chi connectivity index (χ1) is 10.7. The summed E-state index contributed by atoms with van der Waals surface area (Å²) in [6, 6.07) is 14.4. The molecule has 0 radical (unpaired) electrons. The van der Waals surface area contributed by atoms with Gasteiger partial charge in [-0.2, -0.15) is 0 Å². The van der Waals surface area contributed by atoms with Gasteiger partial charge in [-0.3, -0.25) is 4.79 Å². The van der Waals surface area contributed by atoms with Crippen LogP contribution in [-0.2, 0) is 16.0 Å². The first-order valence-corrected chi connectivity index (χ1v) is 7.94. The Hall–Kier alpha value is -1.87. The highest BCUT2D eigenvalue weighted by molar-refractivity contribution is 5.85. The molecule has 1 aliphatic carbocycles. The second-order valence-electron chi connectivity index (χ2n) is 6.42. The Labute approximate surface area is 131 Å². The Morgan fingerprint density at radius 2 is 1.95 bits per heavy atom. The third kappa shape index (κ3) is 3.30. The molecule has 22 heavy (non-hydrogen) atoms. The van der Waals surface area contributed by atoms with Crippen LogP contribution in [0.25, 0.3) is 10.8 Å². The predicted octanol–water partition coefficient (Wildman–Crippen LogP) is 3.32. The van der Waals surface area contributed by atoms with Gasteiger partial charge >= 0.3 is 0 Å². The lowest BCUT2D eigenvalue weighted by atomic mass is 9.69. The summed E-state index contributed by atoms with van der Waals surface area (Å²) in [7, 11) is 1.73. The smallest absolute Gasteiger partial charge is 0.224 e. The van der Waals surface area contributed by atoms with Crippen molar-refractivity contribution in [2.24, 2.45) is 5.41 Å². The molecule has 0 spiro atoms. The average molecular weight is 297 g/mol. The molecular weight excluding hydrogens is 274 g/mol. The molecule has 0 aromatic heterocycles. The molecule has 0 aliphatic heterocycles. The van der Waals surface area contributed by atoms with Crippen LogP contribution in [-0.4, -0.2) is 26.2 Å². The van der Waals surface area contributed by atoms with Crippen molar-refractivity contribution in [3.05, 3.63) is 48.0 Å². The molecule has 0 unspecified atom stereocenters. The van der Waals surface area contributed by atoms with Crippen molar-refractivity contribution >= 4 is 16.7 Å². The van der Waals surface area contributed by atoms with Gasteiger partial charge in [-0.05, 0) is 29.2 Å². The molecule has 1 fully saturated rings. The van der Waals surface area contributed by atoms with Crippen LogP contribution in [0.4, 0.5) is 0 Å². The van der Waals surface area contributed by atoms with Gasteiger partial charge in [-0.25, -0.2) is 0 Å². The fourth-order valence-electron chi connectivity index (χ4n) is 3.24. The van der Waals surface area contributed by atoms with Crippen molar-refractivity contribution in [2.75, 3.05) is 20.3 Å². The van der Waals surface area contributed by atoms with Gasteiger partial charge in [0.25, 0.3) is 0 Å². The number of hydrogen-bond donors (Lipinski definition) is 1. The quantitative estimate of drug-likeness (QED) is 0.888. The van der Waals surface area contributed by atoms with E-state index in [1.807, 2.05) is 18.2 Å². The van der Waals surface area contributed by atoms with Gasteiger partial charge < -0.3 is 10.1 Å². The van der Waals surface area contributed by atoms with E-state index in [0.29, 0.717) is 6.42 Å². The molecule has 0 atom stereocenters. The summed E-state index contributed by atoms with van der Waals surface area (Å²) in [5, 5.41) is 5.48. The number of benzene rings is 2. The molecule has 2 aromatic carbocycles. The summed E-state index contributed by atoms with van der Waals surface area (Å²) in [5.74, 6) is 0.0951. The molecule has 116 valence electrons. The van der Waals surface area contributed by atoms with Crippen LogP contribution in [0.3, 0.4) is 0 Å². The minimum absolute atomic E-state index is 0.0951. The van der Waals surface area contributed by atoms with E-state index >= 15 is 0 Å². The number of methoxy groups -OCH3 is 1. The van der Waals surface area contributed by atoms with Crippen molar-refractivity contribution in [1.82, 2.24) is 5.32 Å². The van der Waals surface area contributed by atoms with Gasteiger partial charge in [-0.15, -0.1) is 0 Å². The lowest BCUT2D eigenvalue weighted by molar-refractivity contribution is -0.121. The van der Waals surface area contributed by atoms with Crippen LogP contribution in [0.5, 0.6) is 0 Å². The highest BCUT2D eigenvalue weighted by atomic mass is 16.5. The van der Waals surface area contributed by atoms with Crippen LogP contribution >= 0.6 is 0 Å². The maximum absolute atomic E-state index is 12.2. The Bertz CT molecular complexity index is 661. The number of rotatable bonds is 6. The first kappa shape index (κ1) is 15.0. The third-order valence-electron chi connectivity index (χ3n) is 4.70. The summed E-state index contributed by atoms with van der Waals surface area (Å²) in [4.78, 5) is 12.2. The number of amides is 1.